The molecule has 0 saturated heterocycles. The summed E-state index contributed by atoms with van der Waals surface area (Å²) in [6, 6.07) is 0. The minimum absolute atomic E-state index is 0. The maximum absolute atomic E-state index is 2.12. The highest BCUT2D eigenvalue weighted by Crippen LogP contribution is 1.73. The Morgan fingerprint density at radius 3 is 0.875 bits per heavy atom. The fraction of sp³-hybridized carbons (Fsp3) is 1.00. The van der Waals surface area contributed by atoms with Crippen LogP contribution >= 0.6 is 41.0 Å². The Morgan fingerprint density at radius 2 is 0.875 bits per heavy atom. The summed E-state index contributed by atoms with van der Waals surface area (Å²) in [5.41, 5.74) is 0. The van der Waals surface area contributed by atoms with E-state index >= 15 is 0 Å². The Bertz CT molecular complexity index is 29.5. The van der Waals surface area contributed by atoms with Crippen LogP contribution in [0.2, 0.25) is 0 Å². The molecule has 0 N–H and O–H groups in total. The maximum atomic E-state index is 2.12. The molecule has 0 radical (unpaired) electrons. The fourth-order valence-corrected chi connectivity index (χ4v) is 0. The smallest absolute Gasteiger partial charge is 0.0675 e. The molecule has 0 aromatic heterocycles. The highest BCUT2D eigenvalue weighted by Gasteiger charge is 1.88. The molecule has 0 bridgehead atoms. The second-order valence-electron chi connectivity index (χ2n) is 2.68. The van der Waals surface area contributed by atoms with Crippen molar-refractivity contribution in [2.24, 2.45) is 0 Å². The first-order valence-electron chi connectivity index (χ1n) is 1.79. The SMILES string of the molecule is Br.C[N+](C)(C)C.I.[Br-]. The Kier molecular flexibility index (Phi) is 24.5. The van der Waals surface area contributed by atoms with Gasteiger partial charge in [0, 0.05) is 0 Å². The molecule has 0 aliphatic rings. The van der Waals surface area contributed by atoms with E-state index in [-0.39, 0.29) is 57.9 Å². The van der Waals surface area contributed by atoms with Crippen molar-refractivity contribution in [3.8, 4) is 0 Å². The standard InChI is InChI=1S/C4H12N.2BrH.HI/c1-5(2,3)4;;;/h1-4H3;3*1H/q+1;;;/p-1. The highest BCUT2D eigenvalue weighted by atomic mass is 127. The first kappa shape index (κ1) is 22.6. The Balaban J connectivity index is -0.0000000267. The van der Waals surface area contributed by atoms with Gasteiger partial charge in [-0.15, -0.1) is 41.0 Å². The average molecular weight is 363 g/mol. The van der Waals surface area contributed by atoms with E-state index in [9.17, 15) is 0 Å². The normalized spacial score (nSPS) is 7.50. The van der Waals surface area contributed by atoms with Gasteiger partial charge in [-0.05, 0) is 0 Å². The van der Waals surface area contributed by atoms with Crippen molar-refractivity contribution in [3.05, 3.63) is 0 Å². The largest absolute Gasteiger partial charge is 1.00 e. The lowest BCUT2D eigenvalue weighted by molar-refractivity contribution is -0.849. The Hall–Kier alpha value is 1.65. The summed E-state index contributed by atoms with van der Waals surface area (Å²) >= 11 is 0. The van der Waals surface area contributed by atoms with Gasteiger partial charge in [-0.3, -0.25) is 0 Å². The Labute approximate surface area is 90.0 Å². The number of hydrogen-bond acceptors (Lipinski definition) is 0. The summed E-state index contributed by atoms with van der Waals surface area (Å²) in [5, 5.41) is 0. The van der Waals surface area contributed by atoms with Gasteiger partial charge in [0.05, 0.1) is 28.2 Å². The molecule has 0 heterocycles. The first-order chi connectivity index (χ1) is 2.00. The van der Waals surface area contributed by atoms with Crippen LogP contribution < -0.4 is 17.0 Å². The predicted octanol–water partition coefficient (Wildman–Crippen LogP) is -1.48. The monoisotopic (exact) mass is 361 g/mol. The van der Waals surface area contributed by atoms with Gasteiger partial charge in [-0.1, -0.05) is 0 Å². The van der Waals surface area contributed by atoms with Crippen molar-refractivity contribution in [2.45, 2.75) is 0 Å². The summed E-state index contributed by atoms with van der Waals surface area (Å²) in [6.45, 7) is 0. The third kappa shape index (κ3) is 124. The average Bonchev–Trinajstić information content (AvgIpc) is 0.722. The summed E-state index contributed by atoms with van der Waals surface area (Å²) in [4.78, 5) is 0. The molecule has 0 amide bonds. The van der Waals surface area contributed by atoms with Gasteiger partial charge in [-0.2, -0.15) is 0 Å². The minimum Gasteiger partial charge on any atom is -1.00 e. The van der Waals surface area contributed by atoms with E-state index in [2.05, 4.69) is 28.2 Å². The zero-order valence-electron chi connectivity index (χ0n) is 5.64. The van der Waals surface area contributed by atoms with E-state index in [0.717, 1.165) is 4.48 Å². The van der Waals surface area contributed by atoms with E-state index in [4.69, 9.17) is 0 Å². The third-order valence-corrected chi connectivity index (χ3v) is 0. The van der Waals surface area contributed by atoms with Gasteiger partial charge in [-0.25, -0.2) is 0 Å². The molecule has 0 spiro atoms. The molecule has 0 aromatic carbocycles. The molecule has 0 atom stereocenters. The summed E-state index contributed by atoms with van der Waals surface area (Å²) < 4.78 is 1.00. The summed E-state index contributed by atoms with van der Waals surface area (Å²) in [6.07, 6.45) is 0. The lowest BCUT2D eigenvalue weighted by atomic mass is 10.8. The molecule has 8 heavy (non-hydrogen) atoms. The quantitative estimate of drug-likeness (QED) is 0.364. The van der Waals surface area contributed by atoms with Crippen molar-refractivity contribution in [2.75, 3.05) is 28.2 Å². The second-order valence-corrected chi connectivity index (χ2v) is 2.68. The third-order valence-electron chi connectivity index (χ3n) is 0. The molecule has 4 heteroatoms. The molecule has 0 fully saturated rings. The molecule has 56 valence electrons. The van der Waals surface area contributed by atoms with Crippen LogP contribution in [-0.2, 0) is 0 Å². The molecular weight excluding hydrogens is 349 g/mol. The number of halogens is 3. The van der Waals surface area contributed by atoms with Crippen LogP contribution in [0.4, 0.5) is 0 Å². The van der Waals surface area contributed by atoms with Crippen LogP contribution in [0, 0.1) is 0 Å². The summed E-state index contributed by atoms with van der Waals surface area (Å²) in [7, 11) is 8.50. The zero-order valence-corrected chi connectivity index (χ0v) is 11.3. The molecule has 0 saturated carbocycles. The lowest BCUT2D eigenvalue weighted by Gasteiger charge is -2.14. The second kappa shape index (κ2) is 8.65. The van der Waals surface area contributed by atoms with Gasteiger partial charge in [0.2, 0.25) is 0 Å². The molecule has 0 rings (SSSR count). The zero-order chi connectivity index (χ0) is 4.50. The molecule has 0 aliphatic carbocycles. The van der Waals surface area contributed by atoms with Gasteiger partial charge >= 0.3 is 0 Å². The number of nitrogens with zero attached hydrogens (tertiary/aromatic N) is 1. The molecule has 0 aromatic rings. The molecule has 0 aliphatic heterocycles. The van der Waals surface area contributed by atoms with Crippen LogP contribution in [0.25, 0.3) is 0 Å². The number of quaternary nitrogens is 1. The molecular formula is C4H14Br2IN. The number of rotatable bonds is 0. The summed E-state index contributed by atoms with van der Waals surface area (Å²) in [5.74, 6) is 0. The topological polar surface area (TPSA) is 0 Å². The maximum Gasteiger partial charge on any atom is 0.0675 e. The van der Waals surface area contributed by atoms with Gasteiger partial charge in [0.1, 0.15) is 0 Å². The molecule has 1 nitrogen and oxygen atoms in total. The van der Waals surface area contributed by atoms with Gasteiger partial charge in [0.15, 0.2) is 0 Å². The minimum atomic E-state index is 0. The van der Waals surface area contributed by atoms with E-state index in [0.29, 0.717) is 0 Å². The van der Waals surface area contributed by atoms with Crippen LogP contribution in [0.3, 0.4) is 0 Å². The van der Waals surface area contributed by atoms with Crippen molar-refractivity contribution in [1.29, 1.82) is 0 Å². The number of hydrogen-bond donors (Lipinski definition) is 0. The molecule has 0 unspecified atom stereocenters. The first-order valence-corrected chi connectivity index (χ1v) is 1.79. The van der Waals surface area contributed by atoms with Gasteiger partial charge in [0.25, 0.3) is 0 Å². The van der Waals surface area contributed by atoms with Crippen molar-refractivity contribution in [1.82, 2.24) is 0 Å². The van der Waals surface area contributed by atoms with Crippen molar-refractivity contribution >= 4 is 41.0 Å². The van der Waals surface area contributed by atoms with E-state index in [1.807, 2.05) is 0 Å². The van der Waals surface area contributed by atoms with Crippen LogP contribution in [0.1, 0.15) is 0 Å². The van der Waals surface area contributed by atoms with Crippen LogP contribution in [-0.4, -0.2) is 32.7 Å². The highest BCUT2D eigenvalue weighted by molar-refractivity contribution is 14.0. The van der Waals surface area contributed by atoms with E-state index in [1.54, 1.807) is 0 Å². The Morgan fingerprint density at radius 1 is 0.875 bits per heavy atom. The van der Waals surface area contributed by atoms with Crippen molar-refractivity contribution < 1.29 is 21.5 Å². The van der Waals surface area contributed by atoms with E-state index < -0.39 is 0 Å². The van der Waals surface area contributed by atoms with Crippen LogP contribution in [0.15, 0.2) is 0 Å². The fourth-order valence-electron chi connectivity index (χ4n) is 0. The predicted molar refractivity (Wildman–Crippen MR) is 49.7 cm³/mol. The van der Waals surface area contributed by atoms with Gasteiger partial charge < -0.3 is 21.5 Å². The van der Waals surface area contributed by atoms with E-state index in [1.165, 1.54) is 0 Å². The van der Waals surface area contributed by atoms with Crippen molar-refractivity contribution in [3.63, 3.8) is 0 Å². The van der Waals surface area contributed by atoms with Crippen LogP contribution in [0.5, 0.6) is 0 Å². The lowest BCUT2D eigenvalue weighted by Crippen LogP contribution is -3.00.